The highest BCUT2D eigenvalue weighted by Gasteiger charge is 2.10. The number of benzene rings is 1. The van der Waals surface area contributed by atoms with Gasteiger partial charge < -0.3 is 4.98 Å². The third kappa shape index (κ3) is 2.01. The summed E-state index contributed by atoms with van der Waals surface area (Å²) in [5, 5.41) is 2.32. The van der Waals surface area contributed by atoms with E-state index in [2.05, 4.69) is 4.98 Å². The van der Waals surface area contributed by atoms with Crippen LogP contribution >= 0.6 is 35.2 Å². The highest BCUT2D eigenvalue weighted by Crippen LogP contribution is 2.19. The number of rotatable bonds is 1. The molecular formula is C12H6ClFN2OS2. The Morgan fingerprint density at radius 3 is 2.89 bits per heavy atom. The van der Waals surface area contributed by atoms with Crippen LogP contribution in [0.4, 0.5) is 4.39 Å². The molecule has 7 heteroatoms. The minimum absolute atomic E-state index is 0.00306. The fourth-order valence-corrected chi connectivity index (χ4v) is 3.05. The second-order valence-corrected chi connectivity index (χ2v) is 5.54. The maximum Gasteiger partial charge on any atom is 0.267 e. The summed E-state index contributed by atoms with van der Waals surface area (Å²) < 4.78 is 15.0. The SMILES string of the molecule is O=c1c2ccsc2[nH]c(=S)n1-c1ccc(Cl)c(F)c1. The summed E-state index contributed by atoms with van der Waals surface area (Å²) in [4.78, 5) is 16.0. The number of nitrogens with one attached hydrogen (secondary N) is 1. The molecule has 0 radical (unpaired) electrons. The molecule has 0 aliphatic carbocycles. The topological polar surface area (TPSA) is 37.8 Å². The first-order chi connectivity index (χ1) is 9.08. The lowest BCUT2D eigenvalue weighted by Gasteiger charge is -2.07. The van der Waals surface area contributed by atoms with E-state index in [0.717, 1.165) is 0 Å². The molecule has 19 heavy (non-hydrogen) atoms. The van der Waals surface area contributed by atoms with Crippen molar-refractivity contribution in [2.45, 2.75) is 0 Å². The maximum atomic E-state index is 13.5. The molecule has 0 atom stereocenters. The molecule has 2 heterocycles. The van der Waals surface area contributed by atoms with Gasteiger partial charge in [-0.1, -0.05) is 11.6 Å². The van der Waals surface area contributed by atoms with Crippen molar-refractivity contribution < 1.29 is 4.39 Å². The Hall–Kier alpha value is -1.50. The smallest absolute Gasteiger partial charge is 0.267 e. The largest absolute Gasteiger partial charge is 0.323 e. The highest BCUT2D eigenvalue weighted by atomic mass is 35.5. The zero-order valence-electron chi connectivity index (χ0n) is 9.31. The van der Waals surface area contributed by atoms with E-state index in [1.165, 1.54) is 28.0 Å². The van der Waals surface area contributed by atoms with Crippen molar-refractivity contribution in [1.82, 2.24) is 9.55 Å². The molecule has 0 bridgehead atoms. The third-order valence-electron chi connectivity index (χ3n) is 2.68. The molecule has 1 N–H and O–H groups in total. The first-order valence-corrected chi connectivity index (χ1v) is 6.92. The number of nitrogens with zero attached hydrogens (tertiary/aromatic N) is 1. The number of hydrogen-bond acceptors (Lipinski definition) is 3. The molecule has 3 aromatic rings. The zero-order chi connectivity index (χ0) is 13.6. The molecule has 3 nitrogen and oxygen atoms in total. The monoisotopic (exact) mass is 312 g/mol. The molecule has 0 amide bonds. The van der Waals surface area contributed by atoms with E-state index in [9.17, 15) is 9.18 Å². The minimum atomic E-state index is -0.592. The Bertz CT molecular complexity index is 897. The number of aromatic amines is 1. The fourth-order valence-electron chi connectivity index (χ4n) is 1.80. The van der Waals surface area contributed by atoms with E-state index >= 15 is 0 Å². The highest BCUT2D eigenvalue weighted by molar-refractivity contribution is 7.71. The van der Waals surface area contributed by atoms with Gasteiger partial charge in [0.05, 0.1) is 16.1 Å². The molecule has 1 aromatic carbocycles. The van der Waals surface area contributed by atoms with Crippen molar-refractivity contribution in [2.24, 2.45) is 0 Å². The number of thiophene rings is 1. The van der Waals surface area contributed by atoms with Gasteiger partial charge in [-0.15, -0.1) is 11.3 Å². The summed E-state index contributed by atoms with van der Waals surface area (Å²) >= 11 is 12.2. The Morgan fingerprint density at radius 2 is 2.16 bits per heavy atom. The zero-order valence-corrected chi connectivity index (χ0v) is 11.7. The molecule has 2 aromatic heterocycles. The number of hydrogen-bond donors (Lipinski definition) is 1. The normalized spacial score (nSPS) is 11.1. The second-order valence-electron chi connectivity index (χ2n) is 3.83. The minimum Gasteiger partial charge on any atom is -0.323 e. The lowest BCUT2D eigenvalue weighted by atomic mass is 10.3. The van der Waals surface area contributed by atoms with Gasteiger partial charge in [0.1, 0.15) is 10.6 Å². The summed E-state index contributed by atoms with van der Waals surface area (Å²) in [6.07, 6.45) is 0. The van der Waals surface area contributed by atoms with Gasteiger partial charge in [0, 0.05) is 0 Å². The molecular weight excluding hydrogens is 307 g/mol. The van der Waals surface area contributed by atoms with Gasteiger partial charge in [-0.25, -0.2) is 4.39 Å². The number of halogens is 2. The average Bonchev–Trinajstić information content (AvgIpc) is 2.82. The van der Waals surface area contributed by atoms with Gasteiger partial charge in [0.15, 0.2) is 4.77 Å². The molecule has 0 unspecified atom stereocenters. The summed E-state index contributed by atoms with van der Waals surface area (Å²) in [7, 11) is 0. The molecule has 0 spiro atoms. The summed E-state index contributed by atoms with van der Waals surface area (Å²) in [6, 6.07) is 5.84. The first-order valence-electron chi connectivity index (χ1n) is 5.26. The molecule has 0 saturated carbocycles. The van der Waals surface area contributed by atoms with Gasteiger partial charge in [0.2, 0.25) is 0 Å². The van der Waals surface area contributed by atoms with Crippen LogP contribution in [-0.2, 0) is 0 Å². The molecule has 3 rings (SSSR count). The maximum absolute atomic E-state index is 13.5. The standard InChI is InChI=1S/C12H6ClFN2OS2/c13-8-2-1-6(5-9(8)14)16-11(17)7-3-4-19-10(7)15-12(16)18/h1-5H,(H,15,18). The fraction of sp³-hybridized carbons (Fsp3) is 0. The lowest BCUT2D eigenvalue weighted by Crippen LogP contribution is -2.19. The summed E-state index contributed by atoms with van der Waals surface area (Å²) in [5.41, 5.74) is 0.0722. The van der Waals surface area contributed by atoms with Gasteiger partial charge in [-0.2, -0.15) is 0 Å². The van der Waals surface area contributed by atoms with Crippen molar-refractivity contribution in [2.75, 3.05) is 0 Å². The van der Waals surface area contributed by atoms with Crippen LogP contribution in [0.2, 0.25) is 5.02 Å². The molecule has 0 aliphatic rings. The van der Waals surface area contributed by atoms with Crippen molar-refractivity contribution in [3.63, 3.8) is 0 Å². The Labute approximate surface area is 120 Å². The lowest BCUT2D eigenvalue weighted by molar-refractivity contribution is 0.626. The van der Waals surface area contributed by atoms with Crippen LogP contribution in [0.5, 0.6) is 0 Å². The van der Waals surface area contributed by atoms with E-state index in [0.29, 0.717) is 15.9 Å². The van der Waals surface area contributed by atoms with Gasteiger partial charge in [-0.3, -0.25) is 9.36 Å². The molecule has 0 fully saturated rings. The van der Waals surface area contributed by atoms with Crippen LogP contribution in [0.25, 0.3) is 15.9 Å². The van der Waals surface area contributed by atoms with Crippen LogP contribution in [-0.4, -0.2) is 9.55 Å². The van der Waals surface area contributed by atoms with E-state index in [-0.39, 0.29) is 15.4 Å². The number of aromatic nitrogens is 2. The van der Waals surface area contributed by atoms with Crippen LogP contribution in [0.15, 0.2) is 34.4 Å². The van der Waals surface area contributed by atoms with Crippen LogP contribution in [0.1, 0.15) is 0 Å². The summed E-state index contributed by atoms with van der Waals surface area (Å²) in [5.74, 6) is -0.592. The van der Waals surface area contributed by atoms with E-state index < -0.39 is 5.82 Å². The van der Waals surface area contributed by atoms with Gasteiger partial charge >= 0.3 is 0 Å². The number of fused-ring (bicyclic) bond motifs is 1. The predicted molar refractivity (Wildman–Crippen MR) is 77.6 cm³/mol. The Balaban J connectivity index is 2.38. The van der Waals surface area contributed by atoms with Gasteiger partial charge in [0.25, 0.3) is 5.56 Å². The average molecular weight is 313 g/mol. The van der Waals surface area contributed by atoms with Crippen molar-refractivity contribution in [3.05, 3.63) is 55.6 Å². The Morgan fingerprint density at radius 1 is 1.37 bits per heavy atom. The van der Waals surface area contributed by atoms with Crippen molar-refractivity contribution in [1.29, 1.82) is 0 Å². The van der Waals surface area contributed by atoms with Crippen molar-refractivity contribution in [3.8, 4) is 5.69 Å². The van der Waals surface area contributed by atoms with Gasteiger partial charge in [-0.05, 0) is 41.9 Å². The summed E-state index contributed by atoms with van der Waals surface area (Å²) in [6.45, 7) is 0. The first kappa shape index (κ1) is 12.5. The third-order valence-corrected chi connectivity index (χ3v) is 4.10. The molecule has 0 saturated heterocycles. The molecule has 0 aliphatic heterocycles. The van der Waals surface area contributed by atoms with Crippen LogP contribution in [0.3, 0.4) is 0 Å². The van der Waals surface area contributed by atoms with E-state index in [1.807, 2.05) is 0 Å². The number of H-pyrrole nitrogens is 1. The second kappa shape index (κ2) is 4.56. The van der Waals surface area contributed by atoms with Crippen molar-refractivity contribution >= 4 is 45.4 Å². The molecule has 96 valence electrons. The quantitative estimate of drug-likeness (QED) is 0.692. The predicted octanol–water partition coefficient (Wildman–Crippen LogP) is 3.90. The van der Waals surface area contributed by atoms with Crippen LogP contribution < -0.4 is 5.56 Å². The Kier molecular flexibility index (Phi) is 3.00. The van der Waals surface area contributed by atoms with E-state index in [1.54, 1.807) is 17.5 Å². The van der Waals surface area contributed by atoms with E-state index in [4.69, 9.17) is 23.8 Å². The van der Waals surface area contributed by atoms with Crippen LogP contribution in [0, 0.1) is 10.6 Å².